The lowest BCUT2D eigenvalue weighted by molar-refractivity contribution is -0.144. The van der Waals surface area contributed by atoms with E-state index in [9.17, 15) is 15.0 Å². The van der Waals surface area contributed by atoms with E-state index in [1.165, 1.54) is 22.2 Å². The van der Waals surface area contributed by atoms with Gasteiger partial charge in [0.25, 0.3) is 0 Å². The Bertz CT molecular complexity index is 1910. The number of fused-ring (bicyclic) bond motifs is 11. The number of rotatable bonds is 3. The molecule has 5 heteroatoms. The molecule has 9 atom stereocenters. The van der Waals surface area contributed by atoms with Crippen molar-refractivity contribution in [1.29, 1.82) is 0 Å². The van der Waals surface area contributed by atoms with Crippen molar-refractivity contribution in [3.8, 4) is 0 Å². The molecule has 0 radical (unpaired) electrons. The zero-order valence-electron chi connectivity index (χ0n) is 30.8. The fourth-order valence-corrected chi connectivity index (χ4v) is 12.6. The summed E-state index contributed by atoms with van der Waals surface area (Å²) in [6.07, 6.45) is 12.5. The first-order valence-electron chi connectivity index (χ1n) is 18.4. The SMILES string of the molecule is C=C(C)[C@H]1C(=O)c2c3c(cc4c5c(n1c24)[C@@]1(C)C(CC[C@H]2[C@](C)(/C=C/C=C(C)C)[C@@H](O)CC[C@@]21C)C5)C1=CC(C)(C)OC(C)(C)C1[C@@H]3O. The predicted molar refractivity (Wildman–Crippen MR) is 193 cm³/mol. The summed E-state index contributed by atoms with van der Waals surface area (Å²) in [6.45, 7) is 26.2. The van der Waals surface area contributed by atoms with Gasteiger partial charge in [-0.2, -0.15) is 0 Å². The predicted octanol–water partition coefficient (Wildman–Crippen LogP) is 9.12. The van der Waals surface area contributed by atoms with Crippen LogP contribution in [0.3, 0.4) is 0 Å². The minimum atomic E-state index is -0.823. The molecular weight excluding hydrogens is 594 g/mol. The lowest BCUT2D eigenvalue weighted by atomic mass is 9.40. The monoisotopic (exact) mass is 649 g/mol. The summed E-state index contributed by atoms with van der Waals surface area (Å²) in [5, 5.41) is 25.0. The van der Waals surface area contributed by atoms with Gasteiger partial charge in [-0.15, -0.1) is 0 Å². The highest BCUT2D eigenvalue weighted by Gasteiger charge is 2.67. The number of hydrogen-bond donors (Lipinski definition) is 2. The van der Waals surface area contributed by atoms with E-state index in [-0.39, 0.29) is 33.9 Å². The Kier molecular flexibility index (Phi) is 6.59. The molecule has 1 aromatic carbocycles. The molecule has 0 saturated heterocycles. The number of aliphatic hydroxyl groups excluding tert-OH is 2. The Hall–Kier alpha value is -2.73. The first-order valence-corrected chi connectivity index (χ1v) is 18.4. The number of hydrogen-bond acceptors (Lipinski definition) is 4. The molecule has 2 unspecified atom stereocenters. The van der Waals surface area contributed by atoms with Crippen LogP contribution in [0.25, 0.3) is 16.5 Å². The fraction of sp³-hybridized carbons (Fsp3) is 0.605. The van der Waals surface area contributed by atoms with Crippen LogP contribution in [0.15, 0.2) is 48.1 Å². The summed E-state index contributed by atoms with van der Waals surface area (Å²) in [7, 11) is 0. The second-order valence-corrected chi connectivity index (χ2v) is 18.4. The van der Waals surface area contributed by atoms with Crippen LogP contribution in [0.2, 0.25) is 0 Å². The number of carbonyl (C=O) groups excluding carboxylic acids is 1. The molecule has 2 aromatic rings. The lowest BCUT2D eigenvalue weighted by Gasteiger charge is -2.64. The molecule has 2 fully saturated rings. The third-order valence-electron chi connectivity index (χ3n) is 14.5. The molecule has 3 heterocycles. The molecule has 4 aliphatic carbocycles. The van der Waals surface area contributed by atoms with Gasteiger partial charge < -0.3 is 19.5 Å². The Morgan fingerprint density at radius 3 is 2.42 bits per heavy atom. The average molecular weight is 650 g/mol. The minimum absolute atomic E-state index is 0.0663. The van der Waals surface area contributed by atoms with E-state index < -0.39 is 29.5 Å². The number of ketones is 1. The fourth-order valence-electron chi connectivity index (χ4n) is 12.6. The normalized spacial score (nSPS) is 39.9. The Morgan fingerprint density at radius 1 is 1.04 bits per heavy atom. The highest BCUT2D eigenvalue weighted by atomic mass is 16.5. The number of allylic oxidation sites excluding steroid dienone is 4. The standard InChI is InChI=1S/C43H55NO4/c1-22(2)13-12-17-41(9)29-15-14-24-19-27-26-20-25-28-21-39(5,6)48-40(7,8)33(28)36(46)31(25)32-35(26)44(34(23(3)4)37(32)47)38(27)43(24,11)42(29,10)18-16-30(41)45/h12-13,17,20-21,24,29-30,33-34,36,45-46H,3,14-16,18-19H2,1-2,4-11H3/b17-12+/t24?,29-,30-,33?,34-,36+,41-,42-,43+/m0/s1. The molecule has 6 aliphatic rings. The number of aliphatic hydroxyl groups is 2. The second kappa shape index (κ2) is 9.74. The molecule has 1 aromatic heterocycles. The van der Waals surface area contributed by atoms with Gasteiger partial charge in [-0.25, -0.2) is 0 Å². The average Bonchev–Trinajstić information content (AvgIpc) is 3.63. The van der Waals surface area contributed by atoms with Crippen molar-refractivity contribution >= 4 is 22.3 Å². The summed E-state index contributed by atoms with van der Waals surface area (Å²) in [4.78, 5) is 14.8. The van der Waals surface area contributed by atoms with E-state index >= 15 is 0 Å². The summed E-state index contributed by atoms with van der Waals surface area (Å²) < 4.78 is 8.93. The largest absolute Gasteiger partial charge is 0.392 e. The van der Waals surface area contributed by atoms with Gasteiger partial charge in [-0.3, -0.25) is 4.79 Å². The van der Waals surface area contributed by atoms with Gasteiger partial charge in [0.2, 0.25) is 0 Å². The number of ether oxygens (including phenoxy) is 1. The maximum Gasteiger partial charge on any atom is 0.192 e. The molecule has 256 valence electrons. The number of aromatic nitrogens is 1. The zero-order chi connectivity index (χ0) is 34.7. The third kappa shape index (κ3) is 3.77. The van der Waals surface area contributed by atoms with Crippen LogP contribution >= 0.6 is 0 Å². The van der Waals surface area contributed by atoms with Crippen molar-refractivity contribution in [2.45, 2.75) is 136 Å². The van der Waals surface area contributed by atoms with Gasteiger partial charge in [0.05, 0.1) is 34.5 Å². The molecule has 0 spiro atoms. The van der Waals surface area contributed by atoms with Gasteiger partial charge in [0, 0.05) is 33.4 Å². The summed E-state index contributed by atoms with van der Waals surface area (Å²) in [5.41, 5.74) is 7.70. The Labute approximate surface area is 286 Å². The molecule has 48 heavy (non-hydrogen) atoms. The highest BCUT2D eigenvalue weighted by molar-refractivity contribution is 6.18. The number of nitrogens with zero attached hydrogens (tertiary/aromatic N) is 1. The highest BCUT2D eigenvalue weighted by Crippen LogP contribution is 2.71. The van der Waals surface area contributed by atoms with Gasteiger partial charge in [0.1, 0.15) is 6.04 Å². The second-order valence-electron chi connectivity index (χ2n) is 18.4. The maximum atomic E-state index is 14.8. The Morgan fingerprint density at radius 2 is 1.75 bits per heavy atom. The molecule has 2 saturated carbocycles. The number of benzene rings is 1. The van der Waals surface area contributed by atoms with Crippen LogP contribution in [0, 0.1) is 28.6 Å². The zero-order valence-corrected chi connectivity index (χ0v) is 30.8. The van der Waals surface area contributed by atoms with Gasteiger partial charge in [-0.1, -0.05) is 56.7 Å². The van der Waals surface area contributed by atoms with E-state index in [1.807, 2.05) is 6.92 Å². The molecule has 0 amide bonds. The van der Waals surface area contributed by atoms with Crippen LogP contribution in [-0.2, 0) is 16.6 Å². The van der Waals surface area contributed by atoms with Crippen molar-refractivity contribution in [1.82, 2.24) is 4.57 Å². The van der Waals surface area contributed by atoms with Crippen LogP contribution in [0.5, 0.6) is 0 Å². The molecule has 2 N–H and O–H groups in total. The first kappa shape index (κ1) is 32.5. The van der Waals surface area contributed by atoms with E-state index in [4.69, 9.17) is 4.74 Å². The van der Waals surface area contributed by atoms with Crippen molar-refractivity contribution in [3.63, 3.8) is 0 Å². The van der Waals surface area contributed by atoms with Gasteiger partial charge in [0.15, 0.2) is 5.78 Å². The number of Topliss-reactive ketones (excluding diaryl/α,β-unsaturated/α-hetero) is 1. The van der Waals surface area contributed by atoms with Crippen molar-refractivity contribution in [3.05, 3.63) is 76.0 Å². The molecule has 2 aliphatic heterocycles. The van der Waals surface area contributed by atoms with Crippen LogP contribution in [0.4, 0.5) is 0 Å². The maximum absolute atomic E-state index is 14.8. The smallest absolute Gasteiger partial charge is 0.192 e. The number of carbonyl (C=O) groups is 1. The van der Waals surface area contributed by atoms with Crippen LogP contribution in [-0.4, -0.2) is 37.9 Å². The van der Waals surface area contributed by atoms with Crippen molar-refractivity contribution < 1.29 is 19.7 Å². The molecule has 8 rings (SSSR count). The first-order chi connectivity index (χ1) is 22.3. The van der Waals surface area contributed by atoms with Gasteiger partial charge >= 0.3 is 0 Å². The third-order valence-corrected chi connectivity index (χ3v) is 14.5. The van der Waals surface area contributed by atoms with Crippen molar-refractivity contribution in [2.75, 3.05) is 0 Å². The summed E-state index contributed by atoms with van der Waals surface area (Å²) >= 11 is 0. The summed E-state index contributed by atoms with van der Waals surface area (Å²) in [6, 6.07) is 1.85. The molecule has 0 bridgehead atoms. The minimum Gasteiger partial charge on any atom is -0.392 e. The quantitative estimate of drug-likeness (QED) is 0.257. The van der Waals surface area contributed by atoms with Crippen LogP contribution < -0.4 is 0 Å². The van der Waals surface area contributed by atoms with Gasteiger partial charge in [-0.05, 0) is 127 Å². The van der Waals surface area contributed by atoms with E-state index in [2.05, 4.69) is 104 Å². The molecule has 5 nitrogen and oxygen atoms in total. The van der Waals surface area contributed by atoms with E-state index in [0.717, 1.165) is 59.9 Å². The van der Waals surface area contributed by atoms with E-state index in [1.54, 1.807) is 0 Å². The summed E-state index contributed by atoms with van der Waals surface area (Å²) in [5.74, 6) is 0.566. The molecular formula is C43H55NO4. The van der Waals surface area contributed by atoms with Crippen LogP contribution in [0.1, 0.15) is 140 Å². The Balaban J connectivity index is 1.39. The lowest BCUT2D eigenvalue weighted by Crippen LogP contribution is -2.62. The van der Waals surface area contributed by atoms with E-state index in [0.29, 0.717) is 11.5 Å². The topological polar surface area (TPSA) is 71.7 Å². The van der Waals surface area contributed by atoms with Crippen molar-refractivity contribution in [2.24, 2.45) is 28.6 Å².